The van der Waals surface area contributed by atoms with Gasteiger partial charge in [-0.1, -0.05) is 0 Å². The summed E-state index contributed by atoms with van der Waals surface area (Å²) < 4.78 is 26.4. The maximum atomic E-state index is 11.9. The van der Waals surface area contributed by atoms with Gasteiger partial charge in [0.05, 0.1) is 31.6 Å². The van der Waals surface area contributed by atoms with Gasteiger partial charge in [0, 0.05) is 0 Å². The Hall–Kier alpha value is -0.0300. The molecular formula is C8H17O5PS. The highest BCUT2D eigenvalue weighted by molar-refractivity contribution is 8.05. The Morgan fingerprint density at radius 3 is 2.20 bits per heavy atom. The summed E-state index contributed by atoms with van der Waals surface area (Å²) in [6.07, 6.45) is 0. The lowest BCUT2D eigenvalue weighted by atomic mass is 10.8. The fourth-order valence-electron chi connectivity index (χ4n) is 0.805. The van der Waals surface area contributed by atoms with Crippen LogP contribution < -0.4 is 0 Å². The first-order valence-corrected chi connectivity index (χ1v) is 7.49. The molecule has 0 saturated heterocycles. The van der Waals surface area contributed by atoms with E-state index in [1.54, 1.807) is 13.8 Å². The van der Waals surface area contributed by atoms with Crippen molar-refractivity contribution in [1.82, 2.24) is 0 Å². The van der Waals surface area contributed by atoms with E-state index in [-0.39, 0.29) is 17.2 Å². The Morgan fingerprint density at radius 1 is 1.27 bits per heavy atom. The predicted molar refractivity (Wildman–Crippen MR) is 60.2 cm³/mol. The van der Waals surface area contributed by atoms with Crippen LogP contribution in [0.25, 0.3) is 0 Å². The Balaban J connectivity index is 3.96. The second kappa shape index (κ2) is 8.16. The summed E-state index contributed by atoms with van der Waals surface area (Å²) in [5.74, 6) is -0.194. The fourth-order valence-corrected chi connectivity index (χ4v) is 3.81. The number of rotatable bonds is 8. The van der Waals surface area contributed by atoms with Crippen LogP contribution in [-0.4, -0.2) is 37.5 Å². The highest BCUT2D eigenvalue weighted by Gasteiger charge is 2.23. The number of hydrogen-bond donors (Lipinski definition) is 0. The summed E-state index contributed by atoms with van der Waals surface area (Å²) in [5.41, 5.74) is 0.170. The second-order valence-electron chi connectivity index (χ2n) is 2.50. The zero-order valence-corrected chi connectivity index (χ0v) is 10.9. The molecule has 5 nitrogen and oxygen atoms in total. The van der Waals surface area contributed by atoms with Crippen LogP contribution in [0.3, 0.4) is 0 Å². The van der Waals surface area contributed by atoms with Gasteiger partial charge >= 0.3 is 13.6 Å². The van der Waals surface area contributed by atoms with Gasteiger partial charge in [0.15, 0.2) is 0 Å². The molecule has 0 aliphatic heterocycles. The Bertz CT molecular complexity index is 223. The van der Waals surface area contributed by atoms with Gasteiger partial charge in [-0.2, -0.15) is 0 Å². The quantitative estimate of drug-likeness (QED) is 0.489. The normalized spacial score (nSPS) is 11.4. The van der Waals surface area contributed by atoms with Gasteiger partial charge < -0.3 is 13.8 Å². The lowest BCUT2D eigenvalue weighted by molar-refractivity contribution is -0.137. The molecule has 0 amide bonds. The van der Waals surface area contributed by atoms with E-state index in [2.05, 4.69) is 4.74 Å². The molecule has 0 fully saturated rings. The molecule has 0 aliphatic rings. The van der Waals surface area contributed by atoms with E-state index < -0.39 is 7.60 Å². The summed E-state index contributed by atoms with van der Waals surface area (Å²) in [4.78, 5) is 10.8. The van der Waals surface area contributed by atoms with Gasteiger partial charge in [0.25, 0.3) is 0 Å². The van der Waals surface area contributed by atoms with Crippen molar-refractivity contribution in [3.63, 3.8) is 0 Å². The second-order valence-corrected chi connectivity index (χ2v) is 5.97. The first-order chi connectivity index (χ1) is 7.08. The van der Waals surface area contributed by atoms with E-state index in [0.29, 0.717) is 13.2 Å². The molecule has 0 spiro atoms. The zero-order chi connectivity index (χ0) is 11.7. The van der Waals surface area contributed by atoms with E-state index >= 15 is 0 Å². The number of hydrogen-bond acceptors (Lipinski definition) is 6. The highest BCUT2D eigenvalue weighted by Crippen LogP contribution is 2.50. The largest absolute Gasteiger partial charge is 0.468 e. The number of esters is 1. The molecule has 0 saturated carbocycles. The average Bonchev–Trinajstić information content (AvgIpc) is 2.18. The third-order valence-corrected chi connectivity index (χ3v) is 5.09. The molecule has 15 heavy (non-hydrogen) atoms. The van der Waals surface area contributed by atoms with E-state index in [1.807, 2.05) is 0 Å². The minimum absolute atomic E-state index is 0.153. The molecule has 0 aromatic heterocycles. The molecule has 90 valence electrons. The first kappa shape index (κ1) is 15.0. The number of carbonyl (C=O) groups is 1. The molecule has 0 N–H and O–H groups in total. The molecule has 0 atom stereocenters. The van der Waals surface area contributed by atoms with Gasteiger partial charge in [0.1, 0.15) is 0 Å². The summed E-state index contributed by atoms with van der Waals surface area (Å²) in [7, 11) is -1.72. The Morgan fingerprint density at radius 2 is 1.80 bits per heavy atom. The van der Waals surface area contributed by atoms with Crippen LogP contribution in [0, 0.1) is 0 Å². The van der Waals surface area contributed by atoms with Crippen molar-refractivity contribution in [1.29, 1.82) is 0 Å². The topological polar surface area (TPSA) is 61.8 Å². The van der Waals surface area contributed by atoms with Gasteiger partial charge in [-0.3, -0.25) is 9.36 Å². The third-order valence-electron chi connectivity index (χ3n) is 1.35. The molecule has 0 unspecified atom stereocenters. The molecule has 0 aromatic rings. The van der Waals surface area contributed by atoms with Crippen molar-refractivity contribution in [3.8, 4) is 0 Å². The van der Waals surface area contributed by atoms with Crippen LogP contribution in [-0.2, 0) is 23.1 Å². The van der Waals surface area contributed by atoms with Crippen molar-refractivity contribution in [2.24, 2.45) is 0 Å². The SMILES string of the molecule is CCOP(=O)(CSCC(=O)OC)OCC. The molecule has 0 bridgehead atoms. The minimum atomic E-state index is -3.03. The minimum Gasteiger partial charge on any atom is -0.468 e. The van der Waals surface area contributed by atoms with Crippen molar-refractivity contribution in [2.75, 3.05) is 31.6 Å². The van der Waals surface area contributed by atoms with Gasteiger partial charge in [-0.25, -0.2) is 0 Å². The summed E-state index contributed by atoms with van der Waals surface area (Å²) >= 11 is 1.19. The van der Waals surface area contributed by atoms with Crippen LogP contribution >= 0.6 is 19.4 Å². The van der Waals surface area contributed by atoms with Crippen molar-refractivity contribution in [3.05, 3.63) is 0 Å². The van der Waals surface area contributed by atoms with Crippen LogP contribution in [0.4, 0.5) is 0 Å². The molecule has 0 heterocycles. The van der Waals surface area contributed by atoms with Gasteiger partial charge in [-0.15, -0.1) is 11.8 Å². The van der Waals surface area contributed by atoms with Crippen LogP contribution in [0.5, 0.6) is 0 Å². The number of thioether (sulfide) groups is 1. The summed E-state index contributed by atoms with van der Waals surface area (Å²) in [6, 6.07) is 0. The number of carbonyl (C=O) groups excluding carboxylic acids is 1. The Kier molecular flexibility index (Phi) is 8.14. The smallest absolute Gasteiger partial charge is 0.340 e. The zero-order valence-electron chi connectivity index (χ0n) is 9.23. The molecule has 0 aliphatic carbocycles. The van der Waals surface area contributed by atoms with E-state index in [0.717, 1.165) is 0 Å². The standard InChI is InChI=1S/C8H17O5PS/c1-4-12-14(10,13-5-2)7-15-6-8(9)11-3/h4-7H2,1-3H3. The van der Waals surface area contributed by atoms with Crippen molar-refractivity contribution < 1.29 is 23.1 Å². The maximum Gasteiger partial charge on any atom is 0.340 e. The molecule has 0 aromatic carbocycles. The molecule has 7 heteroatoms. The lowest BCUT2D eigenvalue weighted by Crippen LogP contribution is -2.05. The highest BCUT2D eigenvalue weighted by atomic mass is 32.2. The van der Waals surface area contributed by atoms with E-state index in [9.17, 15) is 9.36 Å². The van der Waals surface area contributed by atoms with E-state index in [1.165, 1.54) is 18.9 Å². The monoisotopic (exact) mass is 256 g/mol. The predicted octanol–water partition coefficient (Wildman–Crippen LogP) is 2.12. The average molecular weight is 256 g/mol. The van der Waals surface area contributed by atoms with Gasteiger partial charge in [0.2, 0.25) is 0 Å². The Labute approximate surface area is 94.4 Å². The third kappa shape index (κ3) is 6.95. The summed E-state index contributed by atoms with van der Waals surface area (Å²) in [6.45, 7) is 4.15. The number of ether oxygens (including phenoxy) is 1. The molecular weight excluding hydrogens is 239 g/mol. The number of methoxy groups -OCH3 is 1. The maximum absolute atomic E-state index is 11.9. The van der Waals surface area contributed by atoms with Crippen LogP contribution in [0.2, 0.25) is 0 Å². The van der Waals surface area contributed by atoms with Crippen LogP contribution in [0.15, 0.2) is 0 Å². The lowest BCUT2D eigenvalue weighted by Gasteiger charge is -2.15. The summed E-state index contributed by atoms with van der Waals surface area (Å²) in [5, 5.41) is 0. The van der Waals surface area contributed by atoms with E-state index in [4.69, 9.17) is 9.05 Å². The van der Waals surface area contributed by atoms with Crippen molar-refractivity contribution in [2.45, 2.75) is 13.8 Å². The van der Waals surface area contributed by atoms with Crippen molar-refractivity contribution >= 4 is 25.3 Å². The van der Waals surface area contributed by atoms with Gasteiger partial charge in [-0.05, 0) is 13.8 Å². The molecule has 0 radical (unpaired) electrons. The fraction of sp³-hybridized carbons (Fsp3) is 0.875. The molecule has 0 rings (SSSR count). The first-order valence-electron chi connectivity index (χ1n) is 4.60. The van der Waals surface area contributed by atoms with Crippen LogP contribution in [0.1, 0.15) is 13.8 Å².